The Morgan fingerprint density at radius 1 is 1.16 bits per heavy atom. The molecule has 0 bridgehead atoms. The molecule has 0 atom stereocenters. The normalized spacial score (nSPS) is 23.5. The summed E-state index contributed by atoms with van der Waals surface area (Å²) in [6.07, 6.45) is 6.83. The van der Waals surface area contributed by atoms with Crippen LogP contribution in [0.4, 0.5) is 0 Å². The molecule has 1 aromatic carbocycles. The van der Waals surface area contributed by atoms with Gasteiger partial charge >= 0.3 is 0 Å². The minimum absolute atomic E-state index is 0.527. The number of benzene rings is 1. The molecule has 1 aromatic rings. The smallest absolute Gasteiger partial charge is 0.131 e. The third-order valence-electron chi connectivity index (χ3n) is 3.99. The molecule has 104 valence electrons. The quantitative estimate of drug-likeness (QED) is 0.292. The van der Waals surface area contributed by atoms with Crippen LogP contribution in [0, 0.1) is 6.92 Å². The van der Waals surface area contributed by atoms with Gasteiger partial charge in [-0.2, -0.15) is 0 Å². The Labute approximate surface area is 132 Å². The molecule has 0 heterocycles. The van der Waals surface area contributed by atoms with Crippen LogP contribution in [0.15, 0.2) is 24.3 Å². The molecule has 19 heavy (non-hydrogen) atoms. The molecule has 1 fully saturated rings. The van der Waals surface area contributed by atoms with Crippen LogP contribution in [0.3, 0.4) is 0 Å². The summed E-state index contributed by atoms with van der Waals surface area (Å²) in [6.45, 7) is 3.13. The highest BCUT2D eigenvalue weighted by molar-refractivity contribution is 14.1. The summed E-state index contributed by atoms with van der Waals surface area (Å²) in [5, 5.41) is 0. The molecule has 0 aliphatic heterocycles. The van der Waals surface area contributed by atoms with E-state index in [-0.39, 0.29) is 0 Å². The van der Waals surface area contributed by atoms with Crippen LogP contribution < -0.4 is 0 Å². The summed E-state index contributed by atoms with van der Waals surface area (Å²) in [6, 6.07) is 10.4. The lowest BCUT2D eigenvalue weighted by Crippen LogP contribution is -2.21. The Balaban J connectivity index is 1.71. The van der Waals surface area contributed by atoms with E-state index >= 15 is 0 Å². The minimum Gasteiger partial charge on any atom is -0.378 e. The van der Waals surface area contributed by atoms with Gasteiger partial charge in [0.15, 0.2) is 0 Å². The predicted octanol–water partition coefficient (Wildman–Crippen LogP) is 4.90. The summed E-state index contributed by atoms with van der Waals surface area (Å²) in [7, 11) is 1.04. The van der Waals surface area contributed by atoms with E-state index in [0.717, 1.165) is 19.5 Å². The first-order chi connectivity index (χ1) is 9.29. The van der Waals surface area contributed by atoms with Gasteiger partial charge in [0.2, 0.25) is 0 Å². The van der Waals surface area contributed by atoms with Gasteiger partial charge in [0.25, 0.3) is 0 Å². The first-order valence-corrected chi connectivity index (χ1v) is 11.6. The lowest BCUT2D eigenvalue weighted by atomic mass is 9.82. The number of hydrogen-bond acceptors (Lipinski definition) is 1. The molecule has 1 nitrogen and oxygen atoms in total. The molecular weight excluding hydrogens is 363 g/mol. The fourth-order valence-corrected chi connectivity index (χ4v) is 4.21. The van der Waals surface area contributed by atoms with Crippen LogP contribution in [0.2, 0.25) is 6.04 Å². The van der Waals surface area contributed by atoms with Crippen molar-refractivity contribution in [3.63, 3.8) is 0 Å². The van der Waals surface area contributed by atoms with Crippen LogP contribution in [-0.4, -0.2) is 19.7 Å². The van der Waals surface area contributed by atoms with Gasteiger partial charge in [0, 0.05) is 6.61 Å². The molecule has 0 spiro atoms. The van der Waals surface area contributed by atoms with Crippen molar-refractivity contribution >= 4 is 28.8 Å². The van der Waals surface area contributed by atoms with Crippen molar-refractivity contribution in [1.29, 1.82) is 0 Å². The molecule has 0 saturated heterocycles. The SMILES string of the molecule is Cc1ccc(C2CCC(OCCC[Si]I)CC2)cc1. The Kier molecular flexibility index (Phi) is 6.88. The summed E-state index contributed by atoms with van der Waals surface area (Å²) in [4.78, 5) is 0. The van der Waals surface area contributed by atoms with Gasteiger partial charge in [-0.05, 0) is 56.6 Å². The van der Waals surface area contributed by atoms with Gasteiger partial charge < -0.3 is 4.74 Å². The van der Waals surface area contributed by atoms with Crippen molar-refractivity contribution in [1.82, 2.24) is 0 Å². The zero-order valence-electron chi connectivity index (χ0n) is 11.7. The van der Waals surface area contributed by atoms with E-state index in [1.807, 2.05) is 0 Å². The van der Waals surface area contributed by atoms with Crippen LogP contribution in [-0.2, 0) is 4.74 Å². The van der Waals surface area contributed by atoms with E-state index in [1.54, 1.807) is 0 Å². The molecule has 0 amide bonds. The lowest BCUT2D eigenvalue weighted by Gasteiger charge is -2.29. The molecule has 1 saturated carbocycles. The first kappa shape index (κ1) is 15.5. The number of hydrogen-bond donors (Lipinski definition) is 0. The summed E-state index contributed by atoms with van der Waals surface area (Å²) < 4.78 is 5.99. The van der Waals surface area contributed by atoms with Gasteiger partial charge in [-0.1, -0.05) is 29.8 Å². The number of aryl methyl sites for hydroxylation is 1. The molecule has 2 radical (unpaired) electrons. The molecule has 0 unspecified atom stereocenters. The van der Waals surface area contributed by atoms with E-state index in [0.29, 0.717) is 6.10 Å². The van der Waals surface area contributed by atoms with Crippen LogP contribution in [0.25, 0.3) is 0 Å². The van der Waals surface area contributed by atoms with Crippen LogP contribution >= 0.6 is 21.8 Å². The molecular formula is C16H23IOSi. The van der Waals surface area contributed by atoms with Crippen LogP contribution in [0.5, 0.6) is 0 Å². The average Bonchev–Trinajstić information content (AvgIpc) is 2.45. The second-order valence-electron chi connectivity index (χ2n) is 5.49. The highest BCUT2D eigenvalue weighted by atomic mass is 127. The van der Waals surface area contributed by atoms with Gasteiger partial charge in [-0.15, -0.1) is 21.8 Å². The van der Waals surface area contributed by atoms with Crippen molar-refractivity contribution < 1.29 is 4.74 Å². The van der Waals surface area contributed by atoms with E-state index in [2.05, 4.69) is 53.0 Å². The van der Waals surface area contributed by atoms with E-state index in [4.69, 9.17) is 4.74 Å². The molecule has 2 rings (SSSR count). The minimum atomic E-state index is 0.527. The van der Waals surface area contributed by atoms with Crippen molar-refractivity contribution in [3.05, 3.63) is 35.4 Å². The third kappa shape index (κ3) is 5.19. The summed E-state index contributed by atoms with van der Waals surface area (Å²) in [5.41, 5.74) is 2.88. The monoisotopic (exact) mass is 386 g/mol. The van der Waals surface area contributed by atoms with Crippen molar-refractivity contribution in [2.45, 2.75) is 57.1 Å². The molecule has 1 aliphatic rings. The molecule has 3 heteroatoms. The Morgan fingerprint density at radius 2 is 1.84 bits per heavy atom. The molecule has 1 aliphatic carbocycles. The van der Waals surface area contributed by atoms with Crippen LogP contribution in [0.1, 0.15) is 49.1 Å². The van der Waals surface area contributed by atoms with Crippen molar-refractivity contribution in [2.24, 2.45) is 0 Å². The zero-order chi connectivity index (χ0) is 13.5. The molecule has 0 aromatic heterocycles. The number of halogens is 1. The maximum Gasteiger partial charge on any atom is 0.131 e. The standard InChI is InChI=1S/C16H23IOSi/c1-13-3-5-14(6-4-13)15-7-9-16(10-8-15)18-11-2-12-19-17/h3-6,15-16H,2,7-12H2,1H3. The first-order valence-electron chi connectivity index (χ1n) is 7.31. The van der Waals surface area contributed by atoms with Gasteiger partial charge in [-0.3, -0.25) is 0 Å². The molecule has 0 N–H and O–H groups in total. The highest BCUT2D eigenvalue weighted by Crippen LogP contribution is 2.34. The number of ether oxygens (including phenoxy) is 1. The summed E-state index contributed by atoms with van der Waals surface area (Å²) in [5.74, 6) is 0.760. The van der Waals surface area contributed by atoms with Crippen molar-refractivity contribution in [3.8, 4) is 0 Å². The predicted molar refractivity (Wildman–Crippen MR) is 91.3 cm³/mol. The van der Waals surface area contributed by atoms with Crippen molar-refractivity contribution in [2.75, 3.05) is 6.61 Å². The second kappa shape index (κ2) is 8.42. The lowest BCUT2D eigenvalue weighted by molar-refractivity contribution is 0.0252. The fraction of sp³-hybridized carbons (Fsp3) is 0.625. The van der Waals surface area contributed by atoms with Gasteiger partial charge in [0.1, 0.15) is 7.02 Å². The summed E-state index contributed by atoms with van der Waals surface area (Å²) >= 11 is 2.47. The Morgan fingerprint density at radius 3 is 2.47 bits per heavy atom. The van der Waals surface area contributed by atoms with E-state index in [1.165, 1.54) is 49.3 Å². The topological polar surface area (TPSA) is 9.23 Å². The second-order valence-corrected chi connectivity index (χ2v) is 8.55. The fourth-order valence-electron chi connectivity index (χ4n) is 2.79. The third-order valence-corrected chi connectivity index (χ3v) is 6.15. The number of rotatable bonds is 6. The Bertz CT molecular complexity index is 358. The van der Waals surface area contributed by atoms with E-state index < -0.39 is 0 Å². The average molecular weight is 386 g/mol. The van der Waals surface area contributed by atoms with Gasteiger partial charge in [-0.25, -0.2) is 0 Å². The van der Waals surface area contributed by atoms with E-state index in [9.17, 15) is 0 Å². The Hall–Kier alpha value is 0.127. The largest absolute Gasteiger partial charge is 0.378 e. The maximum absolute atomic E-state index is 5.99. The maximum atomic E-state index is 5.99. The van der Waals surface area contributed by atoms with Gasteiger partial charge in [0.05, 0.1) is 6.10 Å². The highest BCUT2D eigenvalue weighted by Gasteiger charge is 2.22. The zero-order valence-corrected chi connectivity index (χ0v) is 14.9.